The van der Waals surface area contributed by atoms with Crippen LogP contribution in [0.4, 0.5) is 5.82 Å². The van der Waals surface area contributed by atoms with Crippen molar-refractivity contribution in [1.29, 1.82) is 0 Å². The molecule has 0 bridgehead atoms. The molecule has 0 saturated carbocycles. The Hall–Kier alpha value is -1.48. The molecule has 2 rings (SSSR count). The number of hydrogen-bond donors (Lipinski definition) is 1. The van der Waals surface area contributed by atoms with Crippen LogP contribution in [0, 0.1) is 0 Å². The summed E-state index contributed by atoms with van der Waals surface area (Å²) in [7, 11) is 0. The van der Waals surface area contributed by atoms with Crippen molar-refractivity contribution in [1.82, 2.24) is 4.98 Å². The van der Waals surface area contributed by atoms with Crippen LogP contribution in [0.25, 0.3) is 11.1 Å². The number of nitrogens with zero attached hydrogens (tertiary/aromatic N) is 1. The van der Waals surface area contributed by atoms with Crippen LogP contribution in [-0.4, -0.2) is 4.98 Å². The highest BCUT2D eigenvalue weighted by Gasteiger charge is 2.08. The van der Waals surface area contributed by atoms with E-state index in [4.69, 9.17) is 21.8 Å². The number of nitrogens with two attached hydrogens (primary N) is 1. The maximum atomic E-state index is 5.96. The molecule has 3 nitrogen and oxygen atoms in total. The molecule has 2 aromatic rings. The van der Waals surface area contributed by atoms with Crippen LogP contribution in [0.3, 0.4) is 0 Å². The highest BCUT2D eigenvalue weighted by Crippen LogP contribution is 2.31. The second kappa shape index (κ2) is 3.11. The lowest BCUT2D eigenvalue weighted by Crippen LogP contribution is -1.93. The zero-order valence-electron chi connectivity index (χ0n) is 6.70. The molecule has 0 radical (unpaired) electrons. The minimum Gasteiger partial charge on any atom is -0.472 e. The van der Waals surface area contributed by atoms with Crippen molar-refractivity contribution < 1.29 is 4.42 Å². The summed E-state index contributed by atoms with van der Waals surface area (Å²) in [5.41, 5.74) is 7.24. The van der Waals surface area contributed by atoms with Crippen LogP contribution < -0.4 is 5.73 Å². The molecule has 0 unspecified atom stereocenters. The lowest BCUT2D eigenvalue weighted by molar-refractivity contribution is 0.568. The fraction of sp³-hybridized carbons (Fsp3) is 0. The number of nitrogen functional groups attached to an aromatic ring is 1. The second-order valence-electron chi connectivity index (χ2n) is 2.57. The van der Waals surface area contributed by atoms with E-state index in [0.717, 1.165) is 11.1 Å². The Morgan fingerprint density at radius 2 is 2.23 bits per heavy atom. The summed E-state index contributed by atoms with van der Waals surface area (Å²) in [5.74, 6) is 0.411. The monoisotopic (exact) mass is 194 g/mol. The van der Waals surface area contributed by atoms with Gasteiger partial charge in [-0.15, -0.1) is 0 Å². The van der Waals surface area contributed by atoms with Gasteiger partial charge in [0.05, 0.1) is 17.5 Å². The van der Waals surface area contributed by atoms with Crippen molar-refractivity contribution in [3.8, 4) is 11.1 Å². The first-order chi connectivity index (χ1) is 6.29. The molecular weight excluding hydrogens is 188 g/mol. The van der Waals surface area contributed by atoms with E-state index < -0.39 is 0 Å². The van der Waals surface area contributed by atoms with Gasteiger partial charge in [0, 0.05) is 17.3 Å². The van der Waals surface area contributed by atoms with Crippen LogP contribution in [0.5, 0.6) is 0 Å². The predicted octanol–water partition coefficient (Wildman–Crippen LogP) is 2.58. The Kier molecular flexibility index (Phi) is 1.94. The highest BCUT2D eigenvalue weighted by molar-refractivity contribution is 6.33. The smallest absolute Gasteiger partial charge is 0.132 e. The molecule has 0 fully saturated rings. The molecule has 66 valence electrons. The third kappa shape index (κ3) is 1.38. The molecule has 4 heteroatoms. The zero-order chi connectivity index (χ0) is 9.26. The second-order valence-corrected chi connectivity index (χ2v) is 2.97. The fourth-order valence-corrected chi connectivity index (χ4v) is 1.41. The van der Waals surface area contributed by atoms with Crippen LogP contribution in [0.2, 0.25) is 5.02 Å². The van der Waals surface area contributed by atoms with Gasteiger partial charge in [0.2, 0.25) is 0 Å². The Bertz CT molecular complexity index is 391. The van der Waals surface area contributed by atoms with Gasteiger partial charge in [-0.05, 0) is 12.1 Å². The van der Waals surface area contributed by atoms with Gasteiger partial charge in [0.1, 0.15) is 5.82 Å². The summed E-state index contributed by atoms with van der Waals surface area (Å²) in [6, 6.07) is 3.49. The van der Waals surface area contributed by atoms with Crippen LogP contribution in [-0.2, 0) is 0 Å². The molecular formula is C9H7ClN2O. The number of halogens is 1. The quantitative estimate of drug-likeness (QED) is 0.759. The van der Waals surface area contributed by atoms with E-state index in [1.54, 1.807) is 30.9 Å². The first-order valence-corrected chi connectivity index (χ1v) is 4.09. The molecule has 0 atom stereocenters. The average Bonchev–Trinajstić information content (AvgIpc) is 2.57. The van der Waals surface area contributed by atoms with Gasteiger partial charge in [0.15, 0.2) is 0 Å². The molecule has 0 aliphatic carbocycles. The van der Waals surface area contributed by atoms with E-state index in [0.29, 0.717) is 10.8 Å². The van der Waals surface area contributed by atoms with Crippen molar-refractivity contribution in [2.45, 2.75) is 0 Å². The van der Waals surface area contributed by atoms with Crippen LogP contribution in [0.15, 0.2) is 35.3 Å². The van der Waals surface area contributed by atoms with Crippen molar-refractivity contribution in [3.05, 3.63) is 35.9 Å². The number of anilines is 1. The lowest BCUT2D eigenvalue weighted by Gasteiger charge is -2.02. The van der Waals surface area contributed by atoms with Gasteiger partial charge in [0.25, 0.3) is 0 Å². The molecule has 2 aromatic heterocycles. The van der Waals surface area contributed by atoms with Crippen LogP contribution >= 0.6 is 11.6 Å². The van der Waals surface area contributed by atoms with Gasteiger partial charge in [-0.25, -0.2) is 4.98 Å². The predicted molar refractivity (Wildman–Crippen MR) is 51.4 cm³/mol. The highest BCUT2D eigenvalue weighted by atomic mass is 35.5. The van der Waals surface area contributed by atoms with Gasteiger partial charge < -0.3 is 10.2 Å². The number of furan rings is 1. The summed E-state index contributed by atoms with van der Waals surface area (Å²) in [4.78, 5) is 3.95. The molecule has 0 amide bonds. The van der Waals surface area contributed by atoms with Crippen molar-refractivity contribution >= 4 is 17.4 Å². The van der Waals surface area contributed by atoms with Crippen molar-refractivity contribution in [2.75, 3.05) is 5.73 Å². The minimum absolute atomic E-state index is 0.411. The minimum atomic E-state index is 0.411. The maximum Gasteiger partial charge on any atom is 0.132 e. The first-order valence-electron chi connectivity index (χ1n) is 3.71. The number of hydrogen-bond acceptors (Lipinski definition) is 3. The summed E-state index contributed by atoms with van der Waals surface area (Å²) in [6.45, 7) is 0. The molecule has 0 aromatic carbocycles. The topological polar surface area (TPSA) is 52.0 Å². The Balaban J connectivity index is 2.64. The Morgan fingerprint density at radius 1 is 1.38 bits per heavy atom. The van der Waals surface area contributed by atoms with Crippen molar-refractivity contribution in [2.24, 2.45) is 0 Å². The molecule has 0 aliphatic heterocycles. The molecule has 2 N–H and O–H groups in total. The summed E-state index contributed by atoms with van der Waals surface area (Å²) in [5, 5.41) is 0.578. The van der Waals surface area contributed by atoms with Gasteiger partial charge >= 0.3 is 0 Å². The molecule has 0 spiro atoms. The average molecular weight is 195 g/mol. The fourth-order valence-electron chi connectivity index (χ4n) is 1.15. The Labute approximate surface area is 80.1 Å². The van der Waals surface area contributed by atoms with E-state index in [1.165, 1.54) is 0 Å². The number of rotatable bonds is 1. The largest absolute Gasteiger partial charge is 0.472 e. The lowest BCUT2D eigenvalue weighted by atomic mass is 10.1. The summed E-state index contributed by atoms with van der Waals surface area (Å²) < 4.78 is 4.94. The van der Waals surface area contributed by atoms with Gasteiger partial charge in [-0.3, -0.25) is 0 Å². The third-order valence-corrected chi connectivity index (χ3v) is 2.05. The molecule has 13 heavy (non-hydrogen) atoms. The molecule has 2 heterocycles. The normalized spacial score (nSPS) is 10.2. The summed E-state index contributed by atoms with van der Waals surface area (Å²) >= 11 is 5.96. The van der Waals surface area contributed by atoms with E-state index >= 15 is 0 Å². The van der Waals surface area contributed by atoms with E-state index in [9.17, 15) is 0 Å². The zero-order valence-corrected chi connectivity index (χ0v) is 7.45. The van der Waals surface area contributed by atoms with E-state index in [-0.39, 0.29) is 0 Å². The summed E-state index contributed by atoms with van der Waals surface area (Å²) in [6.07, 6.45) is 4.72. The third-order valence-electron chi connectivity index (χ3n) is 1.74. The maximum absolute atomic E-state index is 5.96. The van der Waals surface area contributed by atoms with Gasteiger partial charge in [-0.1, -0.05) is 11.6 Å². The molecule has 0 saturated heterocycles. The van der Waals surface area contributed by atoms with Crippen LogP contribution in [0.1, 0.15) is 0 Å². The van der Waals surface area contributed by atoms with Crippen molar-refractivity contribution in [3.63, 3.8) is 0 Å². The standard InChI is InChI=1S/C9H7ClN2O/c10-7-1-3-12-9(11)8(7)6-2-4-13-5-6/h1-5H,(H2,11,12). The number of aromatic nitrogens is 1. The van der Waals surface area contributed by atoms with E-state index in [2.05, 4.69) is 4.98 Å². The van der Waals surface area contributed by atoms with E-state index in [1.807, 2.05) is 0 Å². The SMILES string of the molecule is Nc1nccc(Cl)c1-c1ccoc1. The number of pyridine rings is 1. The molecule has 0 aliphatic rings. The Morgan fingerprint density at radius 3 is 2.85 bits per heavy atom. The van der Waals surface area contributed by atoms with Gasteiger partial charge in [-0.2, -0.15) is 0 Å². The first kappa shape index (κ1) is 8.13.